The number of carbonyl (C=O) groups excluding carboxylic acids is 4. The molecule has 0 aromatic heterocycles. The summed E-state index contributed by atoms with van der Waals surface area (Å²) in [6, 6.07) is 8.40. The number of esters is 1. The summed E-state index contributed by atoms with van der Waals surface area (Å²) >= 11 is 0. The van der Waals surface area contributed by atoms with Gasteiger partial charge in [-0.2, -0.15) is 0 Å². The van der Waals surface area contributed by atoms with Gasteiger partial charge in [0, 0.05) is 13.1 Å². The van der Waals surface area contributed by atoms with E-state index in [0.717, 1.165) is 6.07 Å². The van der Waals surface area contributed by atoms with E-state index in [1.165, 1.54) is 23.1 Å². The number of nitrogens with zero attached hydrogens (tertiary/aromatic N) is 2. The van der Waals surface area contributed by atoms with Gasteiger partial charge in [-0.3, -0.25) is 19.2 Å². The summed E-state index contributed by atoms with van der Waals surface area (Å²) in [5.74, 6) is -5.12. The maximum atomic E-state index is 15.8. The van der Waals surface area contributed by atoms with Crippen LogP contribution >= 0.6 is 0 Å². The van der Waals surface area contributed by atoms with Crippen molar-refractivity contribution in [3.8, 4) is 0 Å². The Kier molecular flexibility index (Phi) is 8.73. The lowest BCUT2D eigenvalue weighted by Gasteiger charge is -2.28. The molecular weight excluding hydrogens is 550 g/mol. The van der Waals surface area contributed by atoms with Crippen LogP contribution in [0.2, 0.25) is 0 Å². The smallest absolute Gasteiger partial charge is 0.410 e. The van der Waals surface area contributed by atoms with Crippen LogP contribution in [0.1, 0.15) is 79.8 Å². The van der Waals surface area contributed by atoms with Gasteiger partial charge in [0.1, 0.15) is 29.4 Å². The first-order valence-electron chi connectivity index (χ1n) is 13.8. The number of hydrogen-bond acceptors (Lipinski definition) is 7. The second kappa shape index (κ2) is 11.8. The van der Waals surface area contributed by atoms with Gasteiger partial charge in [-0.1, -0.05) is 18.2 Å². The van der Waals surface area contributed by atoms with Gasteiger partial charge in [0.15, 0.2) is 0 Å². The molecule has 2 atom stereocenters. The Morgan fingerprint density at radius 1 is 0.929 bits per heavy atom. The number of hydroxylamine groups is 2. The molecule has 0 radical (unpaired) electrons. The minimum Gasteiger partial charge on any atom is -0.460 e. The Morgan fingerprint density at radius 2 is 1.52 bits per heavy atom. The fourth-order valence-corrected chi connectivity index (χ4v) is 5.01. The standard InChI is InChI=1S/C31H36F2N2O7/c1-30(2,3)41-28(38)22(19-13-14-34(16-19)29(39)42-31(4,5)6)15-18-11-12-24(32)23(25(18)33)17-40-35-26(36)20-9-7-8-10-21(20)27(35)37/h7-12,19,22H,13-17H2,1-6H3/t19-,22-/m0/s1. The highest BCUT2D eigenvalue weighted by atomic mass is 19.1. The second-order valence-electron chi connectivity index (χ2n) is 12.5. The van der Waals surface area contributed by atoms with Crippen LogP contribution in [-0.4, -0.2) is 58.1 Å². The lowest BCUT2D eigenvalue weighted by molar-refractivity contribution is -0.162. The van der Waals surface area contributed by atoms with Gasteiger partial charge in [-0.25, -0.2) is 13.6 Å². The molecule has 4 rings (SSSR count). The zero-order valence-electron chi connectivity index (χ0n) is 24.7. The van der Waals surface area contributed by atoms with Gasteiger partial charge < -0.3 is 14.4 Å². The molecule has 0 aliphatic carbocycles. The number of likely N-dealkylation sites (tertiary alicyclic amines) is 1. The first-order valence-corrected chi connectivity index (χ1v) is 13.8. The minimum atomic E-state index is -0.956. The minimum absolute atomic E-state index is 0.0314. The summed E-state index contributed by atoms with van der Waals surface area (Å²) < 4.78 is 41.7. The third-order valence-corrected chi connectivity index (χ3v) is 6.96. The number of rotatable bonds is 7. The zero-order chi connectivity index (χ0) is 31.0. The highest BCUT2D eigenvalue weighted by molar-refractivity contribution is 6.20. The SMILES string of the molecule is CC(C)(C)OC(=O)[C@@H](Cc1ccc(F)c(CON2C(=O)c3ccccc3C2=O)c1F)[C@H]1CCN(C(=O)OC(C)(C)C)C1. The molecular formula is C31H36F2N2O7. The molecule has 42 heavy (non-hydrogen) atoms. The van der Waals surface area contributed by atoms with E-state index in [-0.39, 0.29) is 35.6 Å². The molecule has 3 amide bonds. The summed E-state index contributed by atoms with van der Waals surface area (Å²) in [7, 11) is 0. The number of amides is 3. The van der Waals surface area contributed by atoms with Gasteiger partial charge in [0.2, 0.25) is 0 Å². The zero-order valence-corrected chi connectivity index (χ0v) is 24.7. The molecule has 1 saturated heterocycles. The summed E-state index contributed by atoms with van der Waals surface area (Å²) in [4.78, 5) is 58.0. The molecule has 0 N–H and O–H groups in total. The van der Waals surface area contributed by atoms with E-state index >= 15 is 4.39 Å². The van der Waals surface area contributed by atoms with Crippen LogP contribution in [-0.2, 0) is 32.1 Å². The average molecular weight is 587 g/mol. The monoisotopic (exact) mass is 586 g/mol. The number of benzene rings is 2. The van der Waals surface area contributed by atoms with E-state index in [0.29, 0.717) is 18.0 Å². The largest absolute Gasteiger partial charge is 0.460 e. The van der Waals surface area contributed by atoms with E-state index in [2.05, 4.69) is 0 Å². The number of hydrogen-bond donors (Lipinski definition) is 0. The third-order valence-electron chi connectivity index (χ3n) is 6.96. The summed E-state index contributed by atoms with van der Waals surface area (Å²) in [6.07, 6.45) is -0.177. The third kappa shape index (κ3) is 6.95. The molecule has 0 spiro atoms. The lowest BCUT2D eigenvalue weighted by Crippen LogP contribution is -2.38. The second-order valence-corrected chi connectivity index (χ2v) is 12.5. The summed E-state index contributed by atoms with van der Waals surface area (Å²) in [5.41, 5.74) is -1.70. The molecule has 9 nitrogen and oxygen atoms in total. The number of ether oxygens (including phenoxy) is 2. The molecule has 1 fully saturated rings. The molecule has 0 unspecified atom stereocenters. The van der Waals surface area contributed by atoms with Crippen molar-refractivity contribution in [3.05, 3.63) is 70.3 Å². The van der Waals surface area contributed by atoms with Crippen LogP contribution < -0.4 is 0 Å². The van der Waals surface area contributed by atoms with E-state index in [9.17, 15) is 23.6 Å². The Balaban J connectivity index is 1.54. The fourth-order valence-electron chi connectivity index (χ4n) is 5.01. The van der Waals surface area contributed by atoms with Gasteiger partial charge in [0.05, 0.1) is 22.6 Å². The van der Waals surface area contributed by atoms with Crippen molar-refractivity contribution < 1.29 is 42.3 Å². The molecule has 2 aliphatic heterocycles. The van der Waals surface area contributed by atoms with Gasteiger partial charge >= 0.3 is 12.1 Å². The fraction of sp³-hybridized carbons (Fsp3) is 0.484. The molecule has 226 valence electrons. The summed E-state index contributed by atoms with van der Waals surface area (Å²) in [6.45, 7) is 10.3. The first kappa shape index (κ1) is 31.1. The Bertz CT molecular complexity index is 1360. The topological polar surface area (TPSA) is 102 Å². The predicted octanol–water partition coefficient (Wildman–Crippen LogP) is 5.45. The van der Waals surface area contributed by atoms with Crippen molar-refractivity contribution in [2.45, 2.75) is 72.2 Å². The predicted molar refractivity (Wildman–Crippen MR) is 147 cm³/mol. The van der Waals surface area contributed by atoms with E-state index in [4.69, 9.17) is 14.3 Å². The lowest BCUT2D eigenvalue weighted by atomic mass is 9.85. The van der Waals surface area contributed by atoms with Crippen LogP contribution in [0.4, 0.5) is 13.6 Å². The molecule has 2 aliphatic rings. The van der Waals surface area contributed by atoms with Crippen molar-refractivity contribution in [1.29, 1.82) is 0 Å². The van der Waals surface area contributed by atoms with Gasteiger partial charge in [-0.05, 0) is 84.1 Å². The van der Waals surface area contributed by atoms with Crippen molar-refractivity contribution >= 4 is 23.9 Å². The van der Waals surface area contributed by atoms with Gasteiger partial charge in [-0.15, -0.1) is 5.06 Å². The van der Waals surface area contributed by atoms with Crippen molar-refractivity contribution in [2.24, 2.45) is 11.8 Å². The van der Waals surface area contributed by atoms with E-state index in [1.54, 1.807) is 53.7 Å². The quantitative estimate of drug-likeness (QED) is 0.314. The van der Waals surface area contributed by atoms with Crippen LogP contribution in [0.25, 0.3) is 0 Å². The molecule has 2 aromatic rings. The summed E-state index contributed by atoms with van der Waals surface area (Å²) in [5, 5.41) is 0.490. The highest BCUT2D eigenvalue weighted by Crippen LogP contribution is 2.32. The molecule has 0 saturated carbocycles. The Morgan fingerprint density at radius 3 is 2.10 bits per heavy atom. The van der Waals surface area contributed by atoms with Crippen LogP contribution in [0.5, 0.6) is 0 Å². The van der Waals surface area contributed by atoms with Crippen molar-refractivity contribution in [3.63, 3.8) is 0 Å². The molecule has 2 aromatic carbocycles. The Hall–Kier alpha value is -3.86. The maximum absolute atomic E-state index is 15.8. The molecule has 0 bridgehead atoms. The molecule has 11 heteroatoms. The first-order chi connectivity index (χ1) is 19.6. The number of halogens is 2. The Labute approximate surface area is 243 Å². The van der Waals surface area contributed by atoms with Crippen LogP contribution in [0, 0.1) is 23.5 Å². The number of imide groups is 1. The van der Waals surface area contributed by atoms with E-state index < -0.39 is 64.8 Å². The average Bonchev–Trinajstić information content (AvgIpc) is 3.46. The van der Waals surface area contributed by atoms with Crippen molar-refractivity contribution in [1.82, 2.24) is 9.96 Å². The van der Waals surface area contributed by atoms with E-state index in [1.807, 2.05) is 0 Å². The van der Waals surface area contributed by atoms with Crippen LogP contribution in [0.3, 0.4) is 0 Å². The molecule has 2 heterocycles. The number of fused-ring (bicyclic) bond motifs is 1. The van der Waals surface area contributed by atoms with Gasteiger partial charge in [0.25, 0.3) is 11.8 Å². The van der Waals surface area contributed by atoms with Crippen molar-refractivity contribution in [2.75, 3.05) is 13.1 Å². The highest BCUT2D eigenvalue weighted by Gasteiger charge is 2.40. The normalized spacial score (nSPS) is 17.9. The number of carbonyl (C=O) groups is 4. The maximum Gasteiger partial charge on any atom is 0.410 e. The van der Waals surface area contributed by atoms with Crippen LogP contribution in [0.15, 0.2) is 36.4 Å².